The van der Waals surface area contributed by atoms with E-state index in [4.69, 9.17) is 11.6 Å². The number of halogens is 1. The fourth-order valence-corrected chi connectivity index (χ4v) is 2.51. The first-order valence-corrected chi connectivity index (χ1v) is 6.35. The number of aromatic hydroxyl groups is 1. The van der Waals surface area contributed by atoms with E-state index in [9.17, 15) is 19.8 Å². The van der Waals surface area contributed by atoms with Gasteiger partial charge < -0.3 is 15.1 Å². The highest BCUT2D eigenvalue weighted by atomic mass is 35.5. The normalized spacial score (nSPS) is 20.6. The lowest BCUT2D eigenvalue weighted by Crippen LogP contribution is -2.43. The highest BCUT2D eigenvalue weighted by Crippen LogP contribution is 2.22. The second-order valence-electron chi connectivity index (χ2n) is 4.58. The number of carboxylic acid groups (broad SMARTS) is 1. The van der Waals surface area contributed by atoms with Crippen molar-refractivity contribution in [2.45, 2.75) is 24.3 Å². The van der Waals surface area contributed by atoms with Crippen molar-refractivity contribution in [2.75, 3.05) is 6.54 Å². The molecule has 1 heterocycles. The summed E-state index contributed by atoms with van der Waals surface area (Å²) in [6.07, 6.45) is 0.324. The topological polar surface area (TPSA) is 77.8 Å². The number of hydrogen-bond acceptors (Lipinski definition) is 3. The van der Waals surface area contributed by atoms with Crippen LogP contribution in [-0.4, -0.2) is 45.0 Å². The summed E-state index contributed by atoms with van der Waals surface area (Å²) < 4.78 is 0. The van der Waals surface area contributed by atoms with Crippen LogP contribution in [0.2, 0.25) is 0 Å². The van der Waals surface area contributed by atoms with Crippen LogP contribution in [0.4, 0.5) is 0 Å². The molecule has 2 atom stereocenters. The summed E-state index contributed by atoms with van der Waals surface area (Å²) in [5, 5.41) is 18.3. The SMILES string of the molecule is O=C(O)C(Cc1cccc(O)c1)N1CC(Cl)CC1=O. The number of carbonyl (C=O) groups excluding carboxylic acids is 1. The van der Waals surface area contributed by atoms with Crippen LogP contribution in [0.25, 0.3) is 0 Å². The second-order valence-corrected chi connectivity index (χ2v) is 5.19. The Morgan fingerprint density at radius 2 is 2.26 bits per heavy atom. The maximum atomic E-state index is 11.7. The molecule has 19 heavy (non-hydrogen) atoms. The Bertz CT molecular complexity index is 505. The number of likely N-dealkylation sites (tertiary alicyclic amines) is 1. The number of rotatable bonds is 4. The molecule has 102 valence electrons. The Kier molecular flexibility index (Phi) is 3.95. The van der Waals surface area contributed by atoms with Gasteiger partial charge in [-0.15, -0.1) is 11.6 Å². The molecule has 2 rings (SSSR count). The molecule has 5 nitrogen and oxygen atoms in total. The molecule has 0 aliphatic carbocycles. The first kappa shape index (κ1) is 13.7. The lowest BCUT2D eigenvalue weighted by atomic mass is 10.0. The zero-order valence-corrected chi connectivity index (χ0v) is 10.9. The first-order chi connectivity index (χ1) is 8.97. The number of hydrogen-bond donors (Lipinski definition) is 2. The monoisotopic (exact) mass is 283 g/mol. The van der Waals surface area contributed by atoms with Gasteiger partial charge in [0, 0.05) is 19.4 Å². The number of amides is 1. The first-order valence-electron chi connectivity index (χ1n) is 5.91. The van der Waals surface area contributed by atoms with E-state index in [1.165, 1.54) is 17.0 Å². The van der Waals surface area contributed by atoms with Crippen molar-refractivity contribution in [1.82, 2.24) is 4.90 Å². The number of phenols is 1. The Morgan fingerprint density at radius 1 is 1.53 bits per heavy atom. The third-order valence-electron chi connectivity index (χ3n) is 3.11. The Labute approximate surface area is 115 Å². The fraction of sp³-hybridized carbons (Fsp3) is 0.385. The van der Waals surface area contributed by atoms with Crippen LogP contribution < -0.4 is 0 Å². The minimum absolute atomic E-state index is 0.0737. The molecule has 0 aromatic heterocycles. The predicted octanol–water partition coefficient (Wildman–Crippen LogP) is 1.23. The van der Waals surface area contributed by atoms with Gasteiger partial charge in [-0.05, 0) is 17.7 Å². The minimum Gasteiger partial charge on any atom is -0.508 e. The van der Waals surface area contributed by atoms with E-state index in [0.717, 1.165) is 0 Å². The van der Waals surface area contributed by atoms with Gasteiger partial charge in [0.15, 0.2) is 0 Å². The van der Waals surface area contributed by atoms with Crippen LogP contribution in [0.15, 0.2) is 24.3 Å². The van der Waals surface area contributed by atoms with Gasteiger partial charge in [0.1, 0.15) is 11.8 Å². The molecule has 1 aliphatic heterocycles. The molecule has 1 fully saturated rings. The van der Waals surface area contributed by atoms with Crippen LogP contribution in [-0.2, 0) is 16.0 Å². The van der Waals surface area contributed by atoms with Crippen molar-refractivity contribution in [2.24, 2.45) is 0 Å². The van der Waals surface area contributed by atoms with E-state index in [1.807, 2.05) is 0 Å². The number of carboxylic acids is 1. The van der Waals surface area contributed by atoms with Gasteiger partial charge in [0.05, 0.1) is 5.38 Å². The van der Waals surface area contributed by atoms with E-state index in [1.54, 1.807) is 12.1 Å². The Balaban J connectivity index is 2.17. The molecule has 1 aliphatic rings. The van der Waals surface area contributed by atoms with Crippen molar-refractivity contribution < 1.29 is 19.8 Å². The number of nitrogens with zero attached hydrogens (tertiary/aromatic N) is 1. The summed E-state index contributed by atoms with van der Waals surface area (Å²) in [4.78, 5) is 24.3. The zero-order chi connectivity index (χ0) is 14.0. The molecule has 1 saturated heterocycles. The molecular weight excluding hydrogens is 270 g/mol. The van der Waals surface area contributed by atoms with Gasteiger partial charge in [-0.25, -0.2) is 4.79 Å². The molecule has 0 bridgehead atoms. The van der Waals surface area contributed by atoms with E-state index in [2.05, 4.69) is 0 Å². The highest BCUT2D eigenvalue weighted by Gasteiger charge is 2.36. The van der Waals surface area contributed by atoms with E-state index in [0.29, 0.717) is 5.56 Å². The quantitative estimate of drug-likeness (QED) is 0.815. The van der Waals surface area contributed by atoms with Gasteiger partial charge in [0.25, 0.3) is 0 Å². The van der Waals surface area contributed by atoms with Crippen molar-refractivity contribution in [3.8, 4) is 5.75 Å². The summed E-state index contributed by atoms with van der Waals surface area (Å²) in [5.41, 5.74) is 0.665. The van der Waals surface area contributed by atoms with Crippen LogP contribution in [0, 0.1) is 0 Å². The maximum absolute atomic E-state index is 11.7. The summed E-state index contributed by atoms with van der Waals surface area (Å²) in [7, 11) is 0. The van der Waals surface area contributed by atoms with E-state index >= 15 is 0 Å². The summed E-state index contributed by atoms with van der Waals surface area (Å²) in [6.45, 7) is 0.246. The zero-order valence-electron chi connectivity index (χ0n) is 10.1. The van der Waals surface area contributed by atoms with Crippen LogP contribution >= 0.6 is 11.6 Å². The second kappa shape index (κ2) is 5.48. The van der Waals surface area contributed by atoms with Crippen LogP contribution in [0.3, 0.4) is 0 Å². The largest absolute Gasteiger partial charge is 0.508 e. The van der Waals surface area contributed by atoms with Crippen LogP contribution in [0.5, 0.6) is 5.75 Å². The smallest absolute Gasteiger partial charge is 0.326 e. The third-order valence-corrected chi connectivity index (χ3v) is 3.40. The van der Waals surface area contributed by atoms with E-state index < -0.39 is 12.0 Å². The molecule has 0 spiro atoms. The maximum Gasteiger partial charge on any atom is 0.326 e. The summed E-state index contributed by atoms with van der Waals surface area (Å²) >= 11 is 5.88. The third kappa shape index (κ3) is 3.17. The average molecular weight is 284 g/mol. The molecule has 2 N–H and O–H groups in total. The number of phenolic OH excluding ortho intramolecular Hbond substituents is 1. The standard InChI is InChI=1S/C13H14ClNO4/c14-9-6-12(17)15(7-9)11(13(18)19)5-8-2-1-3-10(16)4-8/h1-4,9,11,16H,5-7H2,(H,18,19). The highest BCUT2D eigenvalue weighted by molar-refractivity contribution is 6.22. The van der Waals surface area contributed by atoms with Gasteiger partial charge in [-0.1, -0.05) is 12.1 Å². The summed E-state index contributed by atoms with van der Waals surface area (Å²) in [5.74, 6) is -1.24. The molecule has 2 unspecified atom stereocenters. The molecule has 6 heteroatoms. The van der Waals surface area contributed by atoms with Gasteiger partial charge in [-0.2, -0.15) is 0 Å². The average Bonchev–Trinajstić information content (AvgIpc) is 2.65. The Hall–Kier alpha value is -1.75. The van der Waals surface area contributed by atoms with E-state index in [-0.39, 0.29) is 36.4 Å². The molecular formula is C13H14ClNO4. The van der Waals surface area contributed by atoms with Crippen LogP contribution in [0.1, 0.15) is 12.0 Å². The molecule has 1 aromatic rings. The van der Waals surface area contributed by atoms with Crippen molar-refractivity contribution >= 4 is 23.5 Å². The summed E-state index contributed by atoms with van der Waals surface area (Å²) in [6, 6.07) is 5.41. The van der Waals surface area contributed by atoms with Crippen molar-refractivity contribution in [1.29, 1.82) is 0 Å². The van der Waals surface area contributed by atoms with Crippen molar-refractivity contribution in [3.05, 3.63) is 29.8 Å². The van der Waals surface area contributed by atoms with Crippen molar-refractivity contribution in [3.63, 3.8) is 0 Å². The Morgan fingerprint density at radius 3 is 2.79 bits per heavy atom. The molecule has 0 saturated carbocycles. The lowest BCUT2D eigenvalue weighted by Gasteiger charge is -2.24. The number of alkyl halides is 1. The predicted molar refractivity (Wildman–Crippen MR) is 69.2 cm³/mol. The van der Waals surface area contributed by atoms with Gasteiger partial charge in [-0.3, -0.25) is 4.79 Å². The minimum atomic E-state index is -1.07. The molecule has 1 aromatic carbocycles. The number of aliphatic carboxylic acids is 1. The number of benzene rings is 1. The van der Waals surface area contributed by atoms with Gasteiger partial charge >= 0.3 is 5.97 Å². The van der Waals surface area contributed by atoms with Gasteiger partial charge in [0.2, 0.25) is 5.91 Å². The number of carbonyl (C=O) groups is 2. The lowest BCUT2D eigenvalue weighted by molar-refractivity contribution is -0.148. The fourth-order valence-electron chi connectivity index (χ4n) is 2.23. The molecule has 1 amide bonds. The molecule has 0 radical (unpaired) electrons.